The Morgan fingerprint density at radius 2 is 1.75 bits per heavy atom. The molecular weight excluding hydrogens is 200 g/mol. The van der Waals surface area contributed by atoms with Gasteiger partial charge in [0, 0.05) is 23.3 Å². The van der Waals surface area contributed by atoms with Gasteiger partial charge in [0.25, 0.3) is 5.91 Å². The van der Waals surface area contributed by atoms with Crippen LogP contribution < -0.4 is 5.73 Å². The molecule has 88 valence electrons. The molecule has 0 radical (unpaired) electrons. The van der Waals surface area contributed by atoms with Gasteiger partial charge < -0.3 is 10.6 Å². The van der Waals surface area contributed by atoms with Crippen molar-refractivity contribution in [2.75, 3.05) is 5.73 Å². The van der Waals surface area contributed by atoms with Gasteiger partial charge in [-0.25, -0.2) is 0 Å². The van der Waals surface area contributed by atoms with Crippen LogP contribution >= 0.6 is 0 Å². The van der Waals surface area contributed by atoms with E-state index >= 15 is 0 Å². The van der Waals surface area contributed by atoms with E-state index in [0.717, 1.165) is 0 Å². The fourth-order valence-electron chi connectivity index (χ4n) is 1.89. The van der Waals surface area contributed by atoms with Crippen molar-refractivity contribution in [3.8, 4) is 0 Å². The lowest BCUT2D eigenvalue weighted by Crippen LogP contribution is -2.42. The third kappa shape index (κ3) is 2.75. The average Bonchev–Trinajstić information content (AvgIpc) is 2.16. The molecule has 0 saturated carbocycles. The van der Waals surface area contributed by atoms with Gasteiger partial charge in [-0.3, -0.25) is 4.79 Å². The van der Waals surface area contributed by atoms with Crippen molar-refractivity contribution in [1.29, 1.82) is 0 Å². The van der Waals surface area contributed by atoms with Gasteiger partial charge in [-0.2, -0.15) is 0 Å². The monoisotopic (exact) mass is 220 g/mol. The van der Waals surface area contributed by atoms with Crippen LogP contribution in [0.5, 0.6) is 0 Å². The highest BCUT2D eigenvalue weighted by Crippen LogP contribution is 2.14. The third-order valence-corrected chi connectivity index (χ3v) is 2.48. The largest absolute Gasteiger partial charge is 0.399 e. The van der Waals surface area contributed by atoms with E-state index in [4.69, 9.17) is 5.73 Å². The summed E-state index contributed by atoms with van der Waals surface area (Å²) in [6.07, 6.45) is 0. The summed E-state index contributed by atoms with van der Waals surface area (Å²) in [4.78, 5) is 14.1. The molecule has 2 N–H and O–H groups in total. The van der Waals surface area contributed by atoms with E-state index in [1.165, 1.54) is 0 Å². The number of nitrogens with zero attached hydrogens (tertiary/aromatic N) is 1. The SMILES string of the molecule is CC(C)N(C(=O)c1cccc(N)c1)C(C)C. The fourth-order valence-corrected chi connectivity index (χ4v) is 1.89. The van der Waals surface area contributed by atoms with Crippen molar-refractivity contribution < 1.29 is 4.79 Å². The molecule has 0 fully saturated rings. The molecule has 0 heterocycles. The van der Waals surface area contributed by atoms with Crippen molar-refractivity contribution in [3.05, 3.63) is 29.8 Å². The van der Waals surface area contributed by atoms with Crippen LogP contribution in [0.25, 0.3) is 0 Å². The fraction of sp³-hybridized carbons (Fsp3) is 0.462. The molecule has 0 aliphatic heterocycles. The van der Waals surface area contributed by atoms with Gasteiger partial charge in [0.1, 0.15) is 0 Å². The summed E-state index contributed by atoms with van der Waals surface area (Å²) in [6.45, 7) is 8.07. The Morgan fingerprint density at radius 3 is 2.19 bits per heavy atom. The minimum absolute atomic E-state index is 0.0392. The maximum Gasteiger partial charge on any atom is 0.254 e. The highest BCUT2D eigenvalue weighted by atomic mass is 16.2. The Hall–Kier alpha value is -1.51. The number of carbonyl (C=O) groups is 1. The molecule has 3 heteroatoms. The van der Waals surface area contributed by atoms with Gasteiger partial charge in [0.2, 0.25) is 0 Å². The first-order chi connectivity index (χ1) is 7.43. The quantitative estimate of drug-likeness (QED) is 0.796. The van der Waals surface area contributed by atoms with E-state index in [1.54, 1.807) is 24.3 Å². The van der Waals surface area contributed by atoms with Crippen molar-refractivity contribution in [2.24, 2.45) is 0 Å². The van der Waals surface area contributed by atoms with Crippen molar-refractivity contribution in [3.63, 3.8) is 0 Å². The highest BCUT2D eigenvalue weighted by molar-refractivity contribution is 5.95. The van der Waals surface area contributed by atoms with E-state index in [9.17, 15) is 4.79 Å². The van der Waals surface area contributed by atoms with Crippen molar-refractivity contribution in [2.45, 2.75) is 39.8 Å². The minimum Gasteiger partial charge on any atom is -0.399 e. The molecule has 0 aliphatic carbocycles. The van der Waals surface area contributed by atoms with Gasteiger partial charge in [-0.05, 0) is 45.9 Å². The molecule has 0 atom stereocenters. The van der Waals surface area contributed by atoms with Crippen LogP contribution in [0.2, 0.25) is 0 Å². The number of rotatable bonds is 3. The predicted octanol–water partition coefficient (Wildman–Crippen LogP) is 2.53. The van der Waals surface area contributed by atoms with E-state index in [1.807, 2.05) is 32.6 Å². The van der Waals surface area contributed by atoms with Gasteiger partial charge in [0.15, 0.2) is 0 Å². The normalized spacial score (nSPS) is 10.9. The molecule has 0 bridgehead atoms. The van der Waals surface area contributed by atoms with Crippen LogP contribution in [0.4, 0.5) is 5.69 Å². The van der Waals surface area contributed by atoms with E-state index < -0.39 is 0 Å². The second kappa shape index (κ2) is 5.01. The molecule has 0 saturated heterocycles. The number of amides is 1. The second-order valence-corrected chi connectivity index (χ2v) is 4.53. The predicted molar refractivity (Wildman–Crippen MR) is 67.3 cm³/mol. The molecule has 1 aromatic rings. The molecule has 0 spiro atoms. The molecule has 0 aliphatic rings. The Balaban J connectivity index is 2.99. The van der Waals surface area contributed by atoms with Crippen LogP contribution in [0.1, 0.15) is 38.1 Å². The van der Waals surface area contributed by atoms with E-state index in [2.05, 4.69) is 0 Å². The number of hydrogen-bond acceptors (Lipinski definition) is 2. The van der Waals surface area contributed by atoms with E-state index in [-0.39, 0.29) is 18.0 Å². The first-order valence-electron chi connectivity index (χ1n) is 5.61. The number of hydrogen-bond donors (Lipinski definition) is 1. The van der Waals surface area contributed by atoms with Gasteiger partial charge in [-0.1, -0.05) is 6.07 Å². The van der Waals surface area contributed by atoms with Crippen LogP contribution in [0, 0.1) is 0 Å². The standard InChI is InChI=1S/C13H20N2O/c1-9(2)15(10(3)4)13(16)11-6-5-7-12(14)8-11/h5-10H,14H2,1-4H3. The highest BCUT2D eigenvalue weighted by Gasteiger charge is 2.21. The lowest BCUT2D eigenvalue weighted by molar-refractivity contribution is 0.0644. The summed E-state index contributed by atoms with van der Waals surface area (Å²) in [6, 6.07) is 7.49. The molecule has 1 aromatic carbocycles. The molecule has 16 heavy (non-hydrogen) atoms. The Bertz CT molecular complexity index is 364. The Kier molecular flexibility index (Phi) is 3.93. The zero-order chi connectivity index (χ0) is 12.3. The summed E-state index contributed by atoms with van der Waals surface area (Å²) in [7, 11) is 0. The first-order valence-corrected chi connectivity index (χ1v) is 5.61. The van der Waals surface area contributed by atoms with Crippen LogP contribution in [0.3, 0.4) is 0 Å². The van der Waals surface area contributed by atoms with Gasteiger partial charge >= 0.3 is 0 Å². The number of nitrogens with two attached hydrogens (primary N) is 1. The number of benzene rings is 1. The topological polar surface area (TPSA) is 46.3 Å². The van der Waals surface area contributed by atoms with Gasteiger partial charge in [-0.15, -0.1) is 0 Å². The number of carbonyl (C=O) groups excluding carboxylic acids is 1. The van der Waals surface area contributed by atoms with Crippen LogP contribution in [-0.4, -0.2) is 22.9 Å². The Labute approximate surface area is 97.2 Å². The van der Waals surface area contributed by atoms with Crippen LogP contribution in [0.15, 0.2) is 24.3 Å². The maximum atomic E-state index is 12.3. The maximum absolute atomic E-state index is 12.3. The lowest BCUT2D eigenvalue weighted by Gasteiger charge is -2.30. The molecule has 1 amide bonds. The van der Waals surface area contributed by atoms with Crippen LogP contribution in [-0.2, 0) is 0 Å². The summed E-state index contributed by atoms with van der Waals surface area (Å²) in [5.74, 6) is 0.0392. The van der Waals surface area contributed by atoms with E-state index in [0.29, 0.717) is 11.3 Å². The lowest BCUT2D eigenvalue weighted by atomic mass is 10.1. The summed E-state index contributed by atoms with van der Waals surface area (Å²) >= 11 is 0. The smallest absolute Gasteiger partial charge is 0.254 e. The summed E-state index contributed by atoms with van der Waals surface area (Å²) in [5.41, 5.74) is 6.96. The average molecular weight is 220 g/mol. The van der Waals surface area contributed by atoms with Gasteiger partial charge in [0.05, 0.1) is 0 Å². The van der Waals surface area contributed by atoms with Crippen molar-refractivity contribution >= 4 is 11.6 Å². The van der Waals surface area contributed by atoms with Crippen molar-refractivity contribution in [1.82, 2.24) is 4.90 Å². The minimum atomic E-state index is 0.0392. The zero-order valence-corrected chi connectivity index (χ0v) is 10.4. The zero-order valence-electron chi connectivity index (χ0n) is 10.4. The molecule has 3 nitrogen and oxygen atoms in total. The summed E-state index contributed by atoms with van der Waals surface area (Å²) in [5, 5.41) is 0. The molecule has 0 aromatic heterocycles. The molecule has 1 rings (SSSR count). The third-order valence-electron chi connectivity index (χ3n) is 2.48. The summed E-state index contributed by atoms with van der Waals surface area (Å²) < 4.78 is 0. The second-order valence-electron chi connectivity index (χ2n) is 4.53. The number of nitrogen functional groups attached to an aromatic ring is 1. The molecule has 0 unspecified atom stereocenters. The molecular formula is C13H20N2O. The Morgan fingerprint density at radius 1 is 1.19 bits per heavy atom. The number of anilines is 1. The first kappa shape index (κ1) is 12.6.